The topological polar surface area (TPSA) is 34.1 Å². The first kappa shape index (κ1) is 19.9. The van der Waals surface area contributed by atoms with Gasteiger partial charge in [-0.05, 0) is 62.5 Å². The Labute approximate surface area is 142 Å². The summed E-state index contributed by atoms with van der Waals surface area (Å²) < 4.78 is 0. The lowest BCUT2D eigenvalue weighted by Crippen LogP contribution is -2.14. The summed E-state index contributed by atoms with van der Waals surface area (Å²) >= 11 is 0. The van der Waals surface area contributed by atoms with Gasteiger partial charge in [0, 0.05) is 12.8 Å². The second-order valence-corrected chi connectivity index (χ2v) is 7.68. The molecule has 0 aromatic rings. The van der Waals surface area contributed by atoms with Gasteiger partial charge < -0.3 is 0 Å². The second-order valence-electron chi connectivity index (χ2n) is 7.68. The van der Waals surface area contributed by atoms with E-state index in [1.165, 1.54) is 31.3 Å². The summed E-state index contributed by atoms with van der Waals surface area (Å²) in [6.45, 7) is 8.70. The van der Waals surface area contributed by atoms with Gasteiger partial charge in [-0.3, -0.25) is 9.59 Å². The third-order valence-corrected chi connectivity index (χ3v) is 4.54. The first-order valence-electron chi connectivity index (χ1n) is 9.30. The van der Waals surface area contributed by atoms with Crippen LogP contribution in [0.4, 0.5) is 0 Å². The molecular formula is C21H34O2. The summed E-state index contributed by atoms with van der Waals surface area (Å²) in [5.74, 6) is 2.62. The average molecular weight is 319 g/mol. The lowest BCUT2D eigenvalue weighted by atomic mass is 9.83. The van der Waals surface area contributed by atoms with Crippen LogP contribution in [0.2, 0.25) is 0 Å². The van der Waals surface area contributed by atoms with E-state index in [2.05, 4.69) is 27.7 Å². The fraction of sp³-hybridized carbons (Fsp3) is 0.714. The van der Waals surface area contributed by atoms with Crippen molar-refractivity contribution >= 4 is 11.6 Å². The number of allylic oxidation sites excluding steroid dienone is 4. The van der Waals surface area contributed by atoms with Crippen LogP contribution >= 0.6 is 0 Å². The average Bonchev–Trinajstić information content (AvgIpc) is 2.44. The molecule has 23 heavy (non-hydrogen) atoms. The van der Waals surface area contributed by atoms with Crippen molar-refractivity contribution in [3.05, 3.63) is 23.8 Å². The van der Waals surface area contributed by atoms with Gasteiger partial charge >= 0.3 is 0 Å². The minimum atomic E-state index is 0.317. The van der Waals surface area contributed by atoms with Crippen LogP contribution in [0, 0.1) is 17.8 Å². The highest BCUT2D eigenvalue weighted by Gasteiger charge is 2.19. The maximum atomic E-state index is 11.2. The minimum Gasteiger partial charge on any atom is -0.295 e. The minimum absolute atomic E-state index is 0.317. The second kappa shape index (κ2) is 10.6. The summed E-state index contributed by atoms with van der Waals surface area (Å²) in [6, 6.07) is 0. The van der Waals surface area contributed by atoms with E-state index in [4.69, 9.17) is 0 Å². The zero-order valence-corrected chi connectivity index (χ0v) is 15.4. The molecular weight excluding hydrogens is 284 g/mol. The van der Waals surface area contributed by atoms with Crippen molar-refractivity contribution < 1.29 is 9.59 Å². The smallest absolute Gasteiger partial charge is 0.155 e. The van der Waals surface area contributed by atoms with Gasteiger partial charge in [-0.15, -0.1) is 0 Å². The molecule has 2 heteroatoms. The molecule has 0 aliphatic heterocycles. The van der Waals surface area contributed by atoms with Crippen molar-refractivity contribution in [1.82, 2.24) is 0 Å². The molecule has 0 spiro atoms. The van der Waals surface area contributed by atoms with Gasteiger partial charge in [-0.1, -0.05) is 45.3 Å². The number of hydrogen-bond donors (Lipinski definition) is 0. The molecule has 0 aromatic carbocycles. The normalized spacial score (nSPS) is 24.3. The van der Waals surface area contributed by atoms with E-state index < -0.39 is 0 Å². The molecule has 2 nitrogen and oxygen atoms in total. The van der Waals surface area contributed by atoms with Crippen molar-refractivity contribution in [2.24, 2.45) is 17.8 Å². The third-order valence-electron chi connectivity index (χ3n) is 4.54. The predicted octanol–water partition coefficient (Wildman–Crippen LogP) is 5.67. The Bertz CT molecular complexity index is 443. The van der Waals surface area contributed by atoms with Crippen LogP contribution in [0.5, 0.6) is 0 Å². The summed E-state index contributed by atoms with van der Waals surface area (Å²) in [4.78, 5) is 22.1. The van der Waals surface area contributed by atoms with Crippen LogP contribution in [0.3, 0.4) is 0 Å². The van der Waals surface area contributed by atoms with Crippen LogP contribution in [-0.4, -0.2) is 11.6 Å². The molecule has 0 bridgehead atoms. The Kier molecular flexibility index (Phi) is 9.13. The summed E-state index contributed by atoms with van der Waals surface area (Å²) in [7, 11) is 0. The van der Waals surface area contributed by atoms with Crippen molar-refractivity contribution in [2.75, 3.05) is 0 Å². The zero-order chi connectivity index (χ0) is 17.2. The molecule has 0 heterocycles. The van der Waals surface area contributed by atoms with E-state index in [0.29, 0.717) is 29.3 Å². The van der Waals surface area contributed by atoms with Crippen molar-refractivity contribution in [1.29, 1.82) is 0 Å². The monoisotopic (exact) mass is 318 g/mol. The number of hydrogen-bond acceptors (Lipinski definition) is 2. The number of carbonyl (C=O) groups excluding carboxylic acids is 2. The Morgan fingerprint density at radius 3 is 2.35 bits per heavy atom. The fourth-order valence-electron chi connectivity index (χ4n) is 3.58. The number of carbonyl (C=O) groups is 2. The Hall–Kier alpha value is -1.18. The van der Waals surface area contributed by atoms with Crippen molar-refractivity contribution in [3.63, 3.8) is 0 Å². The molecule has 0 aromatic heterocycles. The fourth-order valence-corrected chi connectivity index (χ4v) is 3.58. The van der Waals surface area contributed by atoms with Crippen LogP contribution in [0.15, 0.2) is 23.8 Å². The first-order chi connectivity index (χ1) is 10.9. The van der Waals surface area contributed by atoms with E-state index in [0.717, 1.165) is 25.7 Å². The molecule has 0 fully saturated rings. The standard InChI is InChI=1S/C11H18O.C10H16O/c1-8(2)4-10-5-9(3)6-11(12)7-10;1-2-3-5-9-6-4-7-10(11)8-9/h6,8,10H,4-5,7H2,1-3H3;4,7,9H,2-3,5-6,8H2,1H3. The third kappa shape index (κ3) is 8.88. The van der Waals surface area contributed by atoms with E-state index in [9.17, 15) is 9.59 Å². The number of unbranched alkanes of at least 4 members (excludes halogenated alkanes) is 1. The molecule has 0 radical (unpaired) electrons. The predicted molar refractivity (Wildman–Crippen MR) is 97.3 cm³/mol. The first-order valence-corrected chi connectivity index (χ1v) is 9.30. The molecule has 2 unspecified atom stereocenters. The van der Waals surface area contributed by atoms with E-state index >= 15 is 0 Å². The molecule has 0 saturated heterocycles. The van der Waals surface area contributed by atoms with E-state index in [-0.39, 0.29) is 0 Å². The summed E-state index contributed by atoms with van der Waals surface area (Å²) in [5, 5.41) is 0. The highest BCUT2D eigenvalue weighted by Crippen LogP contribution is 2.27. The maximum Gasteiger partial charge on any atom is 0.155 e. The number of ketones is 2. The Morgan fingerprint density at radius 2 is 1.78 bits per heavy atom. The van der Waals surface area contributed by atoms with Gasteiger partial charge in [0.05, 0.1) is 0 Å². The highest BCUT2D eigenvalue weighted by molar-refractivity contribution is 5.91. The van der Waals surface area contributed by atoms with E-state index in [1.807, 2.05) is 6.08 Å². The maximum absolute atomic E-state index is 11.2. The highest BCUT2D eigenvalue weighted by atomic mass is 16.1. The van der Waals surface area contributed by atoms with Crippen LogP contribution < -0.4 is 0 Å². The molecule has 130 valence electrons. The molecule has 0 amide bonds. The van der Waals surface area contributed by atoms with Crippen LogP contribution in [0.25, 0.3) is 0 Å². The van der Waals surface area contributed by atoms with Gasteiger partial charge in [0.25, 0.3) is 0 Å². The van der Waals surface area contributed by atoms with Gasteiger partial charge in [0.2, 0.25) is 0 Å². The molecule has 2 aliphatic carbocycles. The van der Waals surface area contributed by atoms with Gasteiger partial charge in [0.1, 0.15) is 0 Å². The van der Waals surface area contributed by atoms with Crippen LogP contribution in [-0.2, 0) is 9.59 Å². The molecule has 0 saturated carbocycles. The largest absolute Gasteiger partial charge is 0.295 e. The van der Waals surface area contributed by atoms with Crippen molar-refractivity contribution in [3.8, 4) is 0 Å². The molecule has 2 atom stereocenters. The quantitative estimate of drug-likeness (QED) is 0.654. The lowest BCUT2D eigenvalue weighted by molar-refractivity contribution is -0.116. The lowest BCUT2D eigenvalue weighted by Gasteiger charge is -2.21. The molecule has 0 N–H and O–H groups in total. The van der Waals surface area contributed by atoms with Crippen LogP contribution in [0.1, 0.15) is 79.1 Å². The van der Waals surface area contributed by atoms with Crippen molar-refractivity contribution in [2.45, 2.75) is 79.1 Å². The molecule has 2 rings (SSSR count). The van der Waals surface area contributed by atoms with Gasteiger partial charge in [-0.25, -0.2) is 0 Å². The van der Waals surface area contributed by atoms with E-state index in [1.54, 1.807) is 12.2 Å². The molecule has 2 aliphatic rings. The zero-order valence-electron chi connectivity index (χ0n) is 15.4. The van der Waals surface area contributed by atoms with Gasteiger partial charge in [-0.2, -0.15) is 0 Å². The Morgan fingerprint density at radius 1 is 1.09 bits per heavy atom. The summed E-state index contributed by atoms with van der Waals surface area (Å²) in [6.07, 6.45) is 14.3. The summed E-state index contributed by atoms with van der Waals surface area (Å²) in [5.41, 5.74) is 1.26. The SMILES string of the molecule is CC1=CC(=O)CC(CC(C)C)C1.CCCCC1CC=CC(=O)C1. The number of rotatable bonds is 5. The van der Waals surface area contributed by atoms with Gasteiger partial charge in [0.15, 0.2) is 11.6 Å². The Balaban J connectivity index is 0.000000231.